The second-order valence-corrected chi connectivity index (χ2v) is 2.10. The van der Waals surface area contributed by atoms with E-state index < -0.39 is 0 Å². The second-order valence-electron chi connectivity index (χ2n) is 1.73. The summed E-state index contributed by atoms with van der Waals surface area (Å²) in [5, 5.41) is 0. The topological polar surface area (TPSA) is 3.24 Å². The van der Waals surface area contributed by atoms with E-state index in [1.54, 1.807) is 0 Å². The van der Waals surface area contributed by atoms with Crippen LogP contribution < -0.4 is 0 Å². The van der Waals surface area contributed by atoms with Crippen molar-refractivity contribution in [3.05, 3.63) is 13.8 Å². The molecule has 0 aliphatic heterocycles. The van der Waals surface area contributed by atoms with Crippen molar-refractivity contribution in [3.8, 4) is 0 Å². The molecule has 0 aromatic heterocycles. The zero-order valence-electron chi connectivity index (χ0n) is 6.46. The predicted octanol–water partition coefficient (Wildman–Crippen LogP) is 1.13. The van der Waals surface area contributed by atoms with Crippen LogP contribution >= 0.6 is 12.6 Å². The molecule has 0 fully saturated rings. The number of nitrogens with zero attached hydrogens (tertiary/aromatic N) is 1. The van der Waals surface area contributed by atoms with Crippen LogP contribution in [0, 0.1) is 13.8 Å². The van der Waals surface area contributed by atoms with Crippen molar-refractivity contribution in [1.29, 1.82) is 0 Å². The third-order valence-corrected chi connectivity index (χ3v) is 0.882. The normalized spacial score (nSPS) is 8.00. The molecule has 0 aromatic rings. The molecule has 0 amide bonds. The molecule has 0 N–H and O–H groups in total. The summed E-state index contributed by atoms with van der Waals surface area (Å²) in [6, 6.07) is 0. The summed E-state index contributed by atoms with van der Waals surface area (Å²) >= 11 is 4.01. The molecule has 1 radical (unpaired) electrons. The summed E-state index contributed by atoms with van der Waals surface area (Å²) in [6.45, 7) is 1.03. The van der Waals surface area contributed by atoms with Crippen molar-refractivity contribution < 1.29 is 32.7 Å². The molecule has 55 valence electrons. The first-order valence-corrected chi connectivity index (χ1v) is 2.98. The Morgan fingerprint density at radius 3 is 2.00 bits per heavy atom. The standard InChI is InChI=1S/C5H12NS.CH3.Y/c1-6(2)4-3-5-7;;/h3,7H,4-5H2,1-2H3;1H3;/q2*-1;. The first-order chi connectivity index (χ1) is 3.27. The van der Waals surface area contributed by atoms with E-state index in [4.69, 9.17) is 0 Å². The van der Waals surface area contributed by atoms with Crippen LogP contribution in [0.2, 0.25) is 0 Å². The average molecular weight is 222 g/mol. The molecule has 3 heteroatoms. The molecule has 9 heavy (non-hydrogen) atoms. The van der Waals surface area contributed by atoms with E-state index >= 15 is 0 Å². The monoisotopic (exact) mass is 222 g/mol. The van der Waals surface area contributed by atoms with Gasteiger partial charge in [-0.05, 0) is 14.1 Å². The van der Waals surface area contributed by atoms with Crippen molar-refractivity contribution in [3.63, 3.8) is 0 Å². The van der Waals surface area contributed by atoms with Gasteiger partial charge in [0.2, 0.25) is 0 Å². The van der Waals surface area contributed by atoms with Gasteiger partial charge in [0.05, 0.1) is 0 Å². The van der Waals surface area contributed by atoms with Gasteiger partial charge in [-0.15, -0.1) is 12.3 Å². The zero-order valence-corrected chi connectivity index (χ0v) is 10.2. The van der Waals surface area contributed by atoms with Gasteiger partial charge in [0.15, 0.2) is 0 Å². The van der Waals surface area contributed by atoms with Crippen molar-refractivity contribution >= 4 is 12.6 Å². The molecule has 0 aliphatic carbocycles. The van der Waals surface area contributed by atoms with E-state index in [0.29, 0.717) is 0 Å². The summed E-state index contributed by atoms with van der Waals surface area (Å²) in [5.41, 5.74) is 0. The van der Waals surface area contributed by atoms with E-state index in [0.717, 1.165) is 12.3 Å². The van der Waals surface area contributed by atoms with Crippen molar-refractivity contribution in [2.75, 3.05) is 26.4 Å². The molecule has 0 unspecified atom stereocenters. The first-order valence-electron chi connectivity index (χ1n) is 2.34. The van der Waals surface area contributed by atoms with E-state index in [-0.39, 0.29) is 40.1 Å². The Balaban J connectivity index is -0.000000180. The molecule has 0 aliphatic rings. The van der Waals surface area contributed by atoms with Crippen LogP contribution in [0.15, 0.2) is 0 Å². The molecule has 1 nitrogen and oxygen atoms in total. The van der Waals surface area contributed by atoms with Crippen molar-refractivity contribution in [1.82, 2.24) is 4.90 Å². The quantitative estimate of drug-likeness (QED) is 0.553. The molecule has 0 bridgehead atoms. The SMILES string of the molecule is CN(C)C[CH-]CS.[CH3-].[Y]. The fourth-order valence-electron chi connectivity index (χ4n) is 0.316. The molecule has 0 saturated heterocycles. The van der Waals surface area contributed by atoms with Crippen LogP contribution in [0.3, 0.4) is 0 Å². The van der Waals surface area contributed by atoms with Crippen LogP contribution in [0.25, 0.3) is 0 Å². The molecule has 0 rings (SSSR count). The smallest absolute Gasteiger partial charge is 0 e. The van der Waals surface area contributed by atoms with Crippen LogP contribution in [0.5, 0.6) is 0 Å². The minimum Gasteiger partial charge on any atom is -0.358 e. The minimum absolute atomic E-state index is 0. The maximum absolute atomic E-state index is 4.01. The maximum Gasteiger partial charge on any atom is 0 e. The summed E-state index contributed by atoms with van der Waals surface area (Å²) in [7, 11) is 4.08. The second kappa shape index (κ2) is 12.1. The fraction of sp³-hybridized carbons (Fsp3) is 0.667. The number of hydrogen-bond acceptors (Lipinski definition) is 2. The summed E-state index contributed by atoms with van der Waals surface area (Å²) in [4.78, 5) is 2.11. The van der Waals surface area contributed by atoms with Gasteiger partial charge in [-0.2, -0.15) is 0 Å². The third kappa shape index (κ3) is 17.7. The Morgan fingerprint density at radius 2 is 1.89 bits per heavy atom. The van der Waals surface area contributed by atoms with Crippen molar-refractivity contribution in [2.45, 2.75) is 0 Å². The average Bonchev–Trinajstić information content (AvgIpc) is 1.61. The first kappa shape index (κ1) is 16.8. The van der Waals surface area contributed by atoms with Crippen LogP contribution in [-0.2, 0) is 32.7 Å². The molecular weight excluding hydrogens is 207 g/mol. The third-order valence-electron chi connectivity index (χ3n) is 0.623. The minimum atomic E-state index is 0. The maximum atomic E-state index is 4.01. The van der Waals surface area contributed by atoms with Gasteiger partial charge < -0.3 is 18.7 Å². The van der Waals surface area contributed by atoms with Crippen LogP contribution in [0.4, 0.5) is 0 Å². The summed E-state index contributed by atoms with van der Waals surface area (Å²) in [5.74, 6) is 0.873. The zero-order chi connectivity index (χ0) is 5.70. The predicted molar refractivity (Wildman–Crippen MR) is 43.1 cm³/mol. The Hall–Kier alpha value is 1.41. The molecule has 0 spiro atoms. The van der Waals surface area contributed by atoms with E-state index in [1.165, 1.54) is 0 Å². The fourth-order valence-corrected chi connectivity index (χ4v) is 0.431. The van der Waals surface area contributed by atoms with Gasteiger partial charge in [-0.3, -0.25) is 0 Å². The number of rotatable bonds is 3. The summed E-state index contributed by atoms with van der Waals surface area (Å²) < 4.78 is 0. The van der Waals surface area contributed by atoms with Gasteiger partial charge in [0.1, 0.15) is 0 Å². The molecule has 0 aromatic carbocycles. The summed E-state index contributed by atoms with van der Waals surface area (Å²) in [6.07, 6.45) is 2.11. The van der Waals surface area contributed by atoms with Gasteiger partial charge in [0.25, 0.3) is 0 Å². The van der Waals surface area contributed by atoms with E-state index in [9.17, 15) is 0 Å². The largest absolute Gasteiger partial charge is 0.358 e. The Bertz CT molecular complexity index is 42.0. The Kier molecular flexibility index (Phi) is 22.6. The molecule has 0 atom stereocenters. The Morgan fingerprint density at radius 1 is 1.44 bits per heavy atom. The molecule has 0 heterocycles. The number of hydrogen-bond donors (Lipinski definition) is 1. The van der Waals surface area contributed by atoms with Crippen LogP contribution in [0.1, 0.15) is 0 Å². The van der Waals surface area contributed by atoms with Gasteiger partial charge >= 0.3 is 0 Å². The van der Waals surface area contributed by atoms with E-state index in [2.05, 4.69) is 23.9 Å². The molecular formula is C6H15NSY-2. The van der Waals surface area contributed by atoms with Gasteiger partial charge in [0, 0.05) is 32.7 Å². The van der Waals surface area contributed by atoms with E-state index in [1.807, 2.05) is 14.1 Å². The van der Waals surface area contributed by atoms with Crippen molar-refractivity contribution in [2.24, 2.45) is 0 Å². The van der Waals surface area contributed by atoms with Gasteiger partial charge in [-0.1, -0.05) is 0 Å². The molecule has 0 saturated carbocycles. The van der Waals surface area contributed by atoms with Crippen LogP contribution in [-0.4, -0.2) is 31.3 Å². The Labute approximate surface area is 89.9 Å². The number of thiol groups is 1. The van der Waals surface area contributed by atoms with Gasteiger partial charge in [-0.25, -0.2) is 12.6 Å².